The molecule has 2 rings (SSSR count). The molecule has 0 saturated heterocycles. The average Bonchev–Trinajstić information content (AvgIpc) is 2.43. The van der Waals surface area contributed by atoms with E-state index in [0.717, 1.165) is 24.1 Å². The van der Waals surface area contributed by atoms with Crippen molar-refractivity contribution >= 4 is 0 Å². The van der Waals surface area contributed by atoms with Crippen LogP contribution in [0, 0.1) is 11.6 Å². The first-order valence-electron chi connectivity index (χ1n) is 6.41. The van der Waals surface area contributed by atoms with Gasteiger partial charge in [-0.15, -0.1) is 0 Å². The van der Waals surface area contributed by atoms with Crippen LogP contribution in [-0.2, 0) is 19.5 Å². The van der Waals surface area contributed by atoms with Gasteiger partial charge in [-0.2, -0.15) is 0 Å². The average molecular weight is 261 g/mol. The first kappa shape index (κ1) is 13.7. The normalized spacial score (nSPS) is 10.7. The molecule has 0 aliphatic carbocycles. The van der Waals surface area contributed by atoms with Gasteiger partial charge in [0.05, 0.1) is 0 Å². The maximum Gasteiger partial charge on any atom is 0.127 e. The van der Waals surface area contributed by atoms with Crippen LogP contribution in [0.5, 0.6) is 0 Å². The van der Waals surface area contributed by atoms with Gasteiger partial charge in [0.2, 0.25) is 0 Å². The maximum atomic E-state index is 13.4. The van der Waals surface area contributed by atoms with E-state index in [4.69, 9.17) is 0 Å². The lowest BCUT2D eigenvalue weighted by atomic mass is 10.1. The minimum atomic E-state index is -0.412. The lowest BCUT2D eigenvalue weighted by Gasteiger charge is -2.07. The zero-order valence-corrected chi connectivity index (χ0v) is 10.9. The van der Waals surface area contributed by atoms with Crippen molar-refractivity contribution in [3.8, 4) is 0 Å². The molecule has 0 spiro atoms. The van der Waals surface area contributed by atoms with Gasteiger partial charge in [0, 0.05) is 18.7 Å². The predicted octanol–water partition coefficient (Wildman–Crippen LogP) is 3.82. The highest BCUT2D eigenvalue weighted by Crippen LogP contribution is 2.10. The standard InChI is InChI=1S/C16H17F2N/c1-2-12-3-5-13(6-4-12)10-19-11-14-9-15(17)7-8-16(14)18/h3-9,19H,2,10-11H2,1H3. The van der Waals surface area contributed by atoms with Crippen LogP contribution in [0.15, 0.2) is 42.5 Å². The third-order valence-corrected chi connectivity index (χ3v) is 3.08. The van der Waals surface area contributed by atoms with E-state index in [1.165, 1.54) is 11.6 Å². The lowest BCUT2D eigenvalue weighted by Crippen LogP contribution is -2.14. The molecule has 2 aromatic carbocycles. The minimum absolute atomic E-state index is 0.319. The highest BCUT2D eigenvalue weighted by Gasteiger charge is 2.03. The first-order chi connectivity index (χ1) is 9.19. The summed E-state index contributed by atoms with van der Waals surface area (Å²) in [6.45, 7) is 3.07. The second kappa shape index (κ2) is 6.43. The summed E-state index contributed by atoms with van der Waals surface area (Å²) < 4.78 is 26.4. The zero-order chi connectivity index (χ0) is 13.7. The van der Waals surface area contributed by atoms with Crippen LogP contribution >= 0.6 is 0 Å². The van der Waals surface area contributed by atoms with Crippen LogP contribution in [0.2, 0.25) is 0 Å². The van der Waals surface area contributed by atoms with Crippen LogP contribution in [0.4, 0.5) is 8.78 Å². The summed E-state index contributed by atoms with van der Waals surface area (Å²) in [6.07, 6.45) is 1.02. The molecule has 0 heterocycles. The predicted molar refractivity (Wildman–Crippen MR) is 72.7 cm³/mol. The summed E-state index contributed by atoms with van der Waals surface area (Å²) >= 11 is 0. The highest BCUT2D eigenvalue weighted by molar-refractivity contribution is 5.23. The summed E-state index contributed by atoms with van der Waals surface area (Å²) in [6, 6.07) is 11.8. The van der Waals surface area contributed by atoms with Gasteiger partial charge in [0.1, 0.15) is 11.6 Å². The molecule has 0 saturated carbocycles. The van der Waals surface area contributed by atoms with Crippen LogP contribution < -0.4 is 5.32 Å². The fourth-order valence-electron chi connectivity index (χ4n) is 1.91. The first-order valence-corrected chi connectivity index (χ1v) is 6.41. The largest absolute Gasteiger partial charge is 0.309 e. The number of nitrogens with one attached hydrogen (secondary N) is 1. The Bertz CT molecular complexity index is 535. The van der Waals surface area contributed by atoms with E-state index in [0.29, 0.717) is 18.7 Å². The van der Waals surface area contributed by atoms with Crippen molar-refractivity contribution in [2.24, 2.45) is 0 Å². The fourth-order valence-corrected chi connectivity index (χ4v) is 1.91. The van der Waals surface area contributed by atoms with Crippen molar-refractivity contribution < 1.29 is 8.78 Å². The molecule has 0 fully saturated rings. The number of aryl methyl sites for hydroxylation is 1. The van der Waals surface area contributed by atoms with Gasteiger partial charge in [-0.3, -0.25) is 0 Å². The Morgan fingerprint density at radius 1 is 0.895 bits per heavy atom. The molecule has 0 radical (unpaired) electrons. The van der Waals surface area contributed by atoms with Crippen LogP contribution in [0.3, 0.4) is 0 Å². The zero-order valence-electron chi connectivity index (χ0n) is 10.9. The Morgan fingerprint density at radius 2 is 1.58 bits per heavy atom. The summed E-state index contributed by atoms with van der Waals surface area (Å²) in [5.74, 6) is -0.791. The van der Waals surface area contributed by atoms with E-state index in [1.807, 2.05) is 12.1 Å². The van der Waals surface area contributed by atoms with Crippen molar-refractivity contribution in [3.05, 3.63) is 70.8 Å². The lowest BCUT2D eigenvalue weighted by molar-refractivity contribution is 0.568. The van der Waals surface area contributed by atoms with Gasteiger partial charge in [-0.05, 0) is 35.7 Å². The van der Waals surface area contributed by atoms with E-state index >= 15 is 0 Å². The Hall–Kier alpha value is -1.74. The highest BCUT2D eigenvalue weighted by atomic mass is 19.1. The molecule has 0 bridgehead atoms. The third-order valence-electron chi connectivity index (χ3n) is 3.08. The fraction of sp³-hybridized carbons (Fsp3) is 0.250. The molecule has 0 amide bonds. The minimum Gasteiger partial charge on any atom is -0.309 e. The van der Waals surface area contributed by atoms with Gasteiger partial charge < -0.3 is 5.32 Å². The Balaban J connectivity index is 1.90. The maximum absolute atomic E-state index is 13.4. The van der Waals surface area contributed by atoms with E-state index in [2.05, 4.69) is 24.4 Å². The molecule has 1 N–H and O–H groups in total. The molecule has 0 aliphatic heterocycles. The summed E-state index contributed by atoms with van der Waals surface area (Å²) in [7, 11) is 0. The van der Waals surface area contributed by atoms with Crippen LogP contribution in [0.1, 0.15) is 23.6 Å². The summed E-state index contributed by atoms with van der Waals surface area (Å²) in [5.41, 5.74) is 2.78. The third kappa shape index (κ3) is 3.86. The van der Waals surface area contributed by atoms with Crippen molar-refractivity contribution in [2.75, 3.05) is 0 Å². The number of hydrogen-bond donors (Lipinski definition) is 1. The second-order valence-corrected chi connectivity index (χ2v) is 4.51. The molecule has 1 nitrogen and oxygen atoms in total. The van der Waals surface area contributed by atoms with Gasteiger partial charge in [-0.1, -0.05) is 31.2 Å². The van der Waals surface area contributed by atoms with Gasteiger partial charge in [0.25, 0.3) is 0 Å². The van der Waals surface area contributed by atoms with Crippen LogP contribution in [0.25, 0.3) is 0 Å². The van der Waals surface area contributed by atoms with Gasteiger partial charge in [0.15, 0.2) is 0 Å². The monoisotopic (exact) mass is 261 g/mol. The Morgan fingerprint density at radius 3 is 2.26 bits per heavy atom. The van der Waals surface area contributed by atoms with Crippen LogP contribution in [-0.4, -0.2) is 0 Å². The number of hydrogen-bond acceptors (Lipinski definition) is 1. The molecule has 0 atom stereocenters. The van der Waals surface area contributed by atoms with Crippen molar-refractivity contribution in [3.63, 3.8) is 0 Å². The van der Waals surface area contributed by atoms with Crippen molar-refractivity contribution in [1.82, 2.24) is 5.32 Å². The molecule has 3 heteroatoms. The second-order valence-electron chi connectivity index (χ2n) is 4.51. The van der Waals surface area contributed by atoms with Crippen molar-refractivity contribution in [2.45, 2.75) is 26.4 Å². The molecule has 0 unspecified atom stereocenters. The quantitative estimate of drug-likeness (QED) is 0.862. The Kier molecular flexibility index (Phi) is 4.63. The summed E-state index contributed by atoms with van der Waals surface area (Å²) in [4.78, 5) is 0. The molecule has 0 aliphatic rings. The van der Waals surface area contributed by atoms with E-state index in [9.17, 15) is 8.78 Å². The van der Waals surface area contributed by atoms with Gasteiger partial charge in [-0.25, -0.2) is 8.78 Å². The van der Waals surface area contributed by atoms with Crippen molar-refractivity contribution in [1.29, 1.82) is 0 Å². The Labute approximate surface area is 112 Å². The smallest absolute Gasteiger partial charge is 0.127 e. The van der Waals surface area contributed by atoms with Gasteiger partial charge >= 0.3 is 0 Å². The van der Waals surface area contributed by atoms with E-state index in [1.54, 1.807) is 0 Å². The number of benzene rings is 2. The van der Waals surface area contributed by atoms with E-state index in [-0.39, 0.29) is 5.82 Å². The molecular formula is C16H17F2N. The topological polar surface area (TPSA) is 12.0 Å². The SMILES string of the molecule is CCc1ccc(CNCc2cc(F)ccc2F)cc1. The molecular weight excluding hydrogens is 244 g/mol. The molecule has 19 heavy (non-hydrogen) atoms. The number of rotatable bonds is 5. The molecule has 100 valence electrons. The molecule has 2 aromatic rings. The summed E-state index contributed by atoms with van der Waals surface area (Å²) in [5, 5.41) is 3.12. The van der Waals surface area contributed by atoms with E-state index < -0.39 is 5.82 Å². The molecule has 0 aromatic heterocycles. The number of halogens is 2.